The SMILES string of the molecule is CC1(C)[C@H]2CC[C@]1(C)C(=NNC(=O)COC(=O)[C@H]1COCCO1)C2. The highest BCUT2D eigenvalue weighted by Gasteiger charge is 2.60. The summed E-state index contributed by atoms with van der Waals surface area (Å²) in [6.45, 7) is 7.42. The van der Waals surface area contributed by atoms with Crippen molar-refractivity contribution >= 4 is 17.6 Å². The first-order valence-corrected chi connectivity index (χ1v) is 8.56. The molecule has 1 aliphatic heterocycles. The molecule has 0 aromatic rings. The zero-order valence-corrected chi connectivity index (χ0v) is 14.6. The van der Waals surface area contributed by atoms with Crippen LogP contribution in [0, 0.1) is 16.7 Å². The van der Waals surface area contributed by atoms with Gasteiger partial charge >= 0.3 is 5.97 Å². The molecule has 0 aromatic carbocycles. The molecule has 1 heterocycles. The molecular weight excluding hydrogens is 312 g/mol. The Morgan fingerprint density at radius 2 is 2.12 bits per heavy atom. The highest BCUT2D eigenvalue weighted by Crippen LogP contribution is 2.63. The number of carbonyl (C=O) groups excluding carboxylic acids is 2. The summed E-state index contributed by atoms with van der Waals surface area (Å²) in [5, 5.41) is 4.33. The lowest BCUT2D eigenvalue weighted by Crippen LogP contribution is -2.38. The van der Waals surface area contributed by atoms with Crippen LogP contribution in [0.15, 0.2) is 5.10 Å². The Morgan fingerprint density at radius 3 is 2.71 bits per heavy atom. The number of hydrogen-bond donors (Lipinski definition) is 1. The van der Waals surface area contributed by atoms with Crippen molar-refractivity contribution < 1.29 is 23.8 Å². The lowest BCUT2D eigenvalue weighted by Gasteiger charge is -2.34. The molecule has 24 heavy (non-hydrogen) atoms. The number of amides is 1. The van der Waals surface area contributed by atoms with Crippen LogP contribution in [0.3, 0.4) is 0 Å². The van der Waals surface area contributed by atoms with Gasteiger partial charge in [-0.15, -0.1) is 0 Å². The normalized spacial score (nSPS) is 35.9. The number of rotatable bonds is 4. The maximum atomic E-state index is 11.9. The standard InChI is InChI=1S/C17H26N2O5/c1-16(2)11-4-5-17(16,3)13(8-11)18-19-14(20)10-24-15(21)12-9-22-6-7-23-12/h11-12H,4-10H2,1-3H3,(H,19,20)/t11-,12+,17+/m0/s1. The molecular formula is C17H26N2O5. The van der Waals surface area contributed by atoms with Crippen molar-refractivity contribution in [3.63, 3.8) is 0 Å². The van der Waals surface area contributed by atoms with E-state index >= 15 is 0 Å². The van der Waals surface area contributed by atoms with Crippen molar-refractivity contribution in [1.29, 1.82) is 0 Å². The van der Waals surface area contributed by atoms with Crippen molar-refractivity contribution in [1.82, 2.24) is 5.43 Å². The van der Waals surface area contributed by atoms with E-state index in [0.29, 0.717) is 19.1 Å². The van der Waals surface area contributed by atoms with Gasteiger partial charge in [0.05, 0.1) is 19.8 Å². The minimum absolute atomic E-state index is 0.0366. The third kappa shape index (κ3) is 2.95. The van der Waals surface area contributed by atoms with E-state index in [9.17, 15) is 9.59 Å². The fourth-order valence-electron chi connectivity index (χ4n) is 4.11. The molecule has 7 nitrogen and oxygen atoms in total. The third-order valence-electron chi connectivity index (χ3n) is 6.25. The highest BCUT2D eigenvalue weighted by molar-refractivity contribution is 5.95. The Kier molecular flexibility index (Phi) is 4.66. The van der Waals surface area contributed by atoms with Crippen LogP contribution in [-0.4, -0.2) is 50.1 Å². The lowest BCUT2D eigenvalue weighted by atomic mass is 9.70. The minimum atomic E-state index is -0.747. The number of carbonyl (C=O) groups is 2. The molecule has 1 amide bonds. The number of esters is 1. The van der Waals surface area contributed by atoms with Gasteiger partial charge in [0.1, 0.15) is 0 Å². The molecule has 2 saturated carbocycles. The molecule has 3 atom stereocenters. The van der Waals surface area contributed by atoms with Crippen LogP contribution in [0.25, 0.3) is 0 Å². The van der Waals surface area contributed by atoms with E-state index in [1.165, 1.54) is 6.42 Å². The molecule has 3 aliphatic rings. The van der Waals surface area contributed by atoms with E-state index in [4.69, 9.17) is 14.2 Å². The van der Waals surface area contributed by atoms with E-state index in [0.717, 1.165) is 18.6 Å². The molecule has 0 unspecified atom stereocenters. The molecule has 2 bridgehead atoms. The van der Waals surface area contributed by atoms with Gasteiger partial charge in [-0.25, -0.2) is 10.2 Å². The summed E-state index contributed by atoms with van der Waals surface area (Å²) in [6.07, 6.45) is 2.50. The molecule has 134 valence electrons. The molecule has 7 heteroatoms. The summed E-state index contributed by atoms with van der Waals surface area (Å²) in [5.74, 6) is -0.387. The Morgan fingerprint density at radius 1 is 1.33 bits per heavy atom. The minimum Gasteiger partial charge on any atom is -0.454 e. The maximum absolute atomic E-state index is 11.9. The van der Waals surface area contributed by atoms with Crippen LogP contribution in [-0.2, 0) is 23.8 Å². The zero-order valence-electron chi connectivity index (χ0n) is 14.6. The molecule has 0 aromatic heterocycles. The fraction of sp³-hybridized carbons (Fsp3) is 0.824. The second-order valence-electron chi connectivity index (χ2n) is 7.63. The lowest BCUT2D eigenvalue weighted by molar-refractivity contribution is -0.172. The van der Waals surface area contributed by atoms with Crippen molar-refractivity contribution in [2.45, 2.75) is 46.1 Å². The first-order valence-electron chi connectivity index (χ1n) is 8.56. The summed E-state index contributed by atoms with van der Waals surface area (Å²) < 4.78 is 15.3. The van der Waals surface area contributed by atoms with Gasteiger partial charge in [-0.05, 0) is 30.6 Å². The van der Waals surface area contributed by atoms with Crippen LogP contribution in [0.1, 0.15) is 40.0 Å². The van der Waals surface area contributed by atoms with Gasteiger partial charge in [0.2, 0.25) is 0 Å². The van der Waals surface area contributed by atoms with Gasteiger partial charge in [-0.1, -0.05) is 20.8 Å². The number of nitrogens with one attached hydrogen (secondary N) is 1. The van der Waals surface area contributed by atoms with Gasteiger partial charge in [0.15, 0.2) is 12.7 Å². The van der Waals surface area contributed by atoms with Crippen LogP contribution >= 0.6 is 0 Å². The van der Waals surface area contributed by atoms with Crippen LogP contribution in [0.2, 0.25) is 0 Å². The Balaban J connectivity index is 1.48. The summed E-state index contributed by atoms with van der Waals surface area (Å²) in [6, 6.07) is 0. The quantitative estimate of drug-likeness (QED) is 0.616. The van der Waals surface area contributed by atoms with Crippen molar-refractivity contribution in [3.05, 3.63) is 0 Å². The molecule has 1 N–H and O–H groups in total. The molecule has 1 saturated heterocycles. The van der Waals surface area contributed by atoms with E-state index in [-0.39, 0.29) is 24.0 Å². The van der Waals surface area contributed by atoms with E-state index in [2.05, 4.69) is 31.3 Å². The molecule has 3 fully saturated rings. The van der Waals surface area contributed by atoms with Gasteiger partial charge in [0.25, 0.3) is 5.91 Å². The first kappa shape index (κ1) is 17.4. The Hall–Kier alpha value is -1.47. The smallest absolute Gasteiger partial charge is 0.338 e. The van der Waals surface area contributed by atoms with Gasteiger partial charge < -0.3 is 14.2 Å². The summed E-state index contributed by atoms with van der Waals surface area (Å²) in [5.41, 5.74) is 3.83. The predicted octanol–water partition coefficient (Wildman–Crippen LogP) is 1.26. The number of hydrazone groups is 1. The Bertz CT molecular complexity index is 553. The largest absolute Gasteiger partial charge is 0.454 e. The number of ether oxygens (including phenoxy) is 3. The average Bonchev–Trinajstić information content (AvgIpc) is 2.91. The highest BCUT2D eigenvalue weighted by atomic mass is 16.6. The van der Waals surface area contributed by atoms with Crippen LogP contribution in [0.5, 0.6) is 0 Å². The molecule has 0 spiro atoms. The summed E-state index contributed by atoms with van der Waals surface area (Å²) in [4.78, 5) is 23.7. The third-order valence-corrected chi connectivity index (χ3v) is 6.25. The number of hydrogen-bond acceptors (Lipinski definition) is 6. The van der Waals surface area contributed by atoms with Crippen molar-refractivity contribution in [2.75, 3.05) is 26.4 Å². The topological polar surface area (TPSA) is 86.2 Å². The second kappa shape index (κ2) is 6.44. The summed E-state index contributed by atoms with van der Waals surface area (Å²) in [7, 11) is 0. The fourth-order valence-corrected chi connectivity index (χ4v) is 4.11. The van der Waals surface area contributed by atoms with Crippen molar-refractivity contribution in [2.24, 2.45) is 21.8 Å². The molecule has 0 radical (unpaired) electrons. The van der Waals surface area contributed by atoms with E-state index < -0.39 is 18.0 Å². The number of nitrogens with zero attached hydrogens (tertiary/aromatic N) is 1. The maximum Gasteiger partial charge on any atom is 0.338 e. The van der Waals surface area contributed by atoms with E-state index in [1.54, 1.807) is 0 Å². The van der Waals surface area contributed by atoms with Gasteiger partial charge in [-0.3, -0.25) is 4.79 Å². The predicted molar refractivity (Wildman–Crippen MR) is 86.3 cm³/mol. The van der Waals surface area contributed by atoms with Crippen LogP contribution < -0.4 is 5.43 Å². The number of fused-ring (bicyclic) bond motifs is 2. The van der Waals surface area contributed by atoms with Crippen molar-refractivity contribution in [3.8, 4) is 0 Å². The average molecular weight is 338 g/mol. The van der Waals surface area contributed by atoms with Crippen LogP contribution in [0.4, 0.5) is 0 Å². The van der Waals surface area contributed by atoms with Gasteiger partial charge in [0, 0.05) is 11.1 Å². The zero-order chi connectivity index (χ0) is 17.4. The van der Waals surface area contributed by atoms with E-state index in [1.807, 2.05) is 0 Å². The first-order chi connectivity index (χ1) is 11.3. The Labute approximate surface area is 142 Å². The molecule has 2 aliphatic carbocycles. The summed E-state index contributed by atoms with van der Waals surface area (Å²) >= 11 is 0. The monoisotopic (exact) mass is 338 g/mol. The van der Waals surface area contributed by atoms with Gasteiger partial charge in [-0.2, -0.15) is 5.10 Å². The molecule has 3 rings (SSSR count). The second-order valence-corrected chi connectivity index (χ2v) is 7.63.